The van der Waals surface area contributed by atoms with E-state index >= 15 is 0 Å². The van der Waals surface area contributed by atoms with E-state index in [1.165, 1.54) is 16.9 Å². The summed E-state index contributed by atoms with van der Waals surface area (Å²) in [5, 5.41) is 0. The lowest BCUT2D eigenvalue weighted by Gasteiger charge is -2.24. The van der Waals surface area contributed by atoms with Crippen molar-refractivity contribution in [1.29, 1.82) is 0 Å². The highest BCUT2D eigenvalue weighted by Crippen LogP contribution is 2.53. The van der Waals surface area contributed by atoms with Crippen molar-refractivity contribution in [2.75, 3.05) is 18.5 Å². The van der Waals surface area contributed by atoms with Crippen LogP contribution >= 0.6 is 26.3 Å². The van der Waals surface area contributed by atoms with Gasteiger partial charge in [-0.25, -0.2) is 29.3 Å². The highest BCUT2D eigenvalue weighted by molar-refractivity contribution is 8.41. The molecule has 0 amide bonds. The van der Waals surface area contributed by atoms with E-state index in [4.69, 9.17) is 31.3 Å². The van der Waals surface area contributed by atoms with Crippen molar-refractivity contribution in [3.8, 4) is 0 Å². The van der Waals surface area contributed by atoms with Crippen molar-refractivity contribution in [2.45, 2.75) is 50.2 Å². The van der Waals surface area contributed by atoms with Crippen molar-refractivity contribution in [3.05, 3.63) is 41.7 Å². The van der Waals surface area contributed by atoms with Gasteiger partial charge in [0.2, 0.25) is 13.4 Å². The molecule has 20 heteroatoms. The largest absolute Gasteiger partial charge is 0.382 e. The zero-order chi connectivity index (χ0) is 29.9. The number of nitrogens with two attached hydrogens (primary N) is 1. The minimum atomic E-state index is -3.43. The Bertz CT molecular complexity index is 1910. The third kappa shape index (κ3) is 5.72. The van der Waals surface area contributed by atoms with Gasteiger partial charge in [0.05, 0.1) is 37.5 Å². The summed E-state index contributed by atoms with van der Waals surface area (Å²) >= 11 is 9.55. The second-order valence-corrected chi connectivity index (χ2v) is 16.1. The molecule has 16 nitrogen and oxygen atoms in total. The minimum Gasteiger partial charge on any atom is -0.382 e. The monoisotopic (exact) mass is 666 g/mol. The van der Waals surface area contributed by atoms with Gasteiger partial charge >= 0.3 is 0 Å². The number of H-pyrrole nitrogens is 1. The molecule has 1 aliphatic heterocycles. The predicted octanol–water partition coefficient (Wildman–Crippen LogP) is 2.28. The summed E-state index contributed by atoms with van der Waals surface area (Å²) in [6.07, 6.45) is 9.51. The van der Waals surface area contributed by atoms with Crippen LogP contribution in [-0.2, 0) is 25.6 Å². The molecule has 0 radical (unpaired) electrons. The molecule has 5 N–H and O–H groups in total. The summed E-state index contributed by atoms with van der Waals surface area (Å²) < 4.78 is 23.7. The van der Waals surface area contributed by atoms with E-state index in [9.17, 15) is 14.6 Å². The van der Waals surface area contributed by atoms with E-state index in [2.05, 4.69) is 42.2 Å². The van der Waals surface area contributed by atoms with Crippen molar-refractivity contribution >= 4 is 72.0 Å². The molecule has 0 spiro atoms. The van der Waals surface area contributed by atoms with Gasteiger partial charge in [-0.1, -0.05) is 12.2 Å². The molecule has 228 valence electrons. The van der Waals surface area contributed by atoms with Crippen molar-refractivity contribution in [2.24, 2.45) is 5.92 Å². The first-order chi connectivity index (χ1) is 20.6. The Morgan fingerprint density at radius 1 is 1.16 bits per heavy atom. The van der Waals surface area contributed by atoms with E-state index < -0.39 is 20.2 Å². The van der Waals surface area contributed by atoms with E-state index in [-0.39, 0.29) is 48.1 Å². The summed E-state index contributed by atoms with van der Waals surface area (Å²) in [4.78, 5) is 57.4. The van der Waals surface area contributed by atoms with Gasteiger partial charge in [0, 0.05) is 18.6 Å². The number of nitrogens with zero attached hydrogens (tertiary/aromatic N) is 8. The molecule has 1 saturated heterocycles. The normalized spacial score (nSPS) is 25.4. The number of hydrogen-bond acceptors (Lipinski definition) is 12. The standard InChI is InChI=1S/C23H28N10O6P2S2/c24-19-17-20(27-9-26-19)33(11-28-17)16-2-1-13(38-16)7-37-40(42)39-15-6-12(8-41(35,36)43)5-14(15)32-10-29-18-21(32)30-23-25-3-4-31(23)22(18)34/h3-4,9-16,42H,1-2,5-8H2,(H,25,30)(H2,24,26,27)(H2,35,36,43)/t12?,13?,14?,15-,16?,40?/m1/s1. The topological polar surface area (TPSA) is 206 Å². The van der Waals surface area contributed by atoms with E-state index in [1.807, 2.05) is 9.13 Å². The third-order valence-electron chi connectivity index (χ3n) is 7.89. The van der Waals surface area contributed by atoms with Gasteiger partial charge in [-0.2, -0.15) is 0 Å². The van der Waals surface area contributed by atoms with Gasteiger partial charge in [-0.3, -0.25) is 9.36 Å². The van der Waals surface area contributed by atoms with E-state index in [1.54, 1.807) is 18.9 Å². The number of ether oxygens (including phenoxy) is 1. The van der Waals surface area contributed by atoms with Crippen LogP contribution in [0.15, 0.2) is 36.2 Å². The smallest absolute Gasteiger partial charge is 0.287 e. The number of thiol groups is 1. The van der Waals surface area contributed by atoms with E-state index in [0.717, 1.165) is 12.8 Å². The van der Waals surface area contributed by atoms with Gasteiger partial charge in [0.15, 0.2) is 23.5 Å². The fourth-order valence-electron chi connectivity index (χ4n) is 6.03. The minimum absolute atomic E-state index is 0.0918. The fourth-order valence-corrected chi connectivity index (χ4v) is 9.01. The summed E-state index contributed by atoms with van der Waals surface area (Å²) in [5.41, 5.74) is 7.53. The highest BCUT2D eigenvalue weighted by Gasteiger charge is 2.40. The molecule has 6 atom stereocenters. The maximum Gasteiger partial charge on any atom is 0.287 e. The number of nitrogen functional groups attached to an aromatic ring is 1. The Kier molecular flexibility index (Phi) is 7.76. The van der Waals surface area contributed by atoms with Crippen molar-refractivity contribution < 1.29 is 23.6 Å². The number of rotatable bonds is 9. The number of aromatic amines is 1. The van der Waals surface area contributed by atoms with Crippen molar-refractivity contribution in [1.82, 2.24) is 43.4 Å². The fraction of sp³-hybridized carbons (Fsp3) is 0.478. The highest BCUT2D eigenvalue weighted by atomic mass is 32.7. The summed E-state index contributed by atoms with van der Waals surface area (Å²) in [5.74, 6) is 0.588. The molecule has 5 unspecified atom stereocenters. The molecule has 1 saturated carbocycles. The van der Waals surface area contributed by atoms with Crippen LogP contribution in [0.2, 0.25) is 0 Å². The lowest BCUT2D eigenvalue weighted by atomic mass is 10.1. The van der Waals surface area contributed by atoms with Crippen LogP contribution in [-0.4, -0.2) is 78.2 Å². The Hall–Kier alpha value is -2.53. The lowest BCUT2D eigenvalue weighted by Crippen LogP contribution is -2.22. The lowest BCUT2D eigenvalue weighted by molar-refractivity contribution is -0.0166. The molecular weight excluding hydrogens is 638 g/mol. The maximum atomic E-state index is 12.9. The third-order valence-corrected chi connectivity index (χ3v) is 10.8. The SMILES string of the molecule is Nc1ncnc2c1ncn2C1CCC(COP(S)O[C@@H]2CC(CP(O)(O)=S)CC2n2cnc3c(=O)n4ccnc4[nH]c32)O1. The first-order valence-corrected chi connectivity index (χ1v) is 18.7. The molecule has 5 aromatic heterocycles. The second-order valence-electron chi connectivity index (χ2n) is 10.7. The van der Waals surface area contributed by atoms with Gasteiger partial charge in [0.25, 0.3) is 5.56 Å². The van der Waals surface area contributed by atoms with Crippen molar-refractivity contribution in [3.63, 3.8) is 0 Å². The first kappa shape index (κ1) is 29.2. The number of imidazole rings is 3. The van der Waals surface area contributed by atoms with Gasteiger partial charge in [-0.15, -0.1) is 0 Å². The second kappa shape index (κ2) is 11.4. The number of hydrogen-bond donors (Lipinski definition) is 5. The Morgan fingerprint density at radius 3 is 2.81 bits per heavy atom. The Morgan fingerprint density at radius 2 is 1.98 bits per heavy atom. The molecule has 0 bridgehead atoms. The van der Waals surface area contributed by atoms with Gasteiger partial charge < -0.3 is 38.9 Å². The average molecular weight is 667 g/mol. The quantitative estimate of drug-likeness (QED) is 0.113. The number of fused-ring (bicyclic) bond motifs is 3. The zero-order valence-electron chi connectivity index (χ0n) is 22.4. The summed E-state index contributed by atoms with van der Waals surface area (Å²) in [6.45, 7) is -3.17. The number of aromatic nitrogens is 9. The van der Waals surface area contributed by atoms with Gasteiger partial charge in [0.1, 0.15) is 23.7 Å². The Labute approximate surface area is 254 Å². The van der Waals surface area contributed by atoms with Crippen LogP contribution in [0.3, 0.4) is 0 Å². The molecule has 6 heterocycles. The first-order valence-electron chi connectivity index (χ1n) is 13.5. The van der Waals surface area contributed by atoms with Gasteiger partial charge in [-0.05, 0) is 43.4 Å². The number of anilines is 1. The van der Waals surface area contributed by atoms with Crippen LogP contribution in [0, 0.1) is 5.92 Å². The summed E-state index contributed by atoms with van der Waals surface area (Å²) in [6, 6.07) is -0.290. The molecule has 7 rings (SSSR count). The van der Waals surface area contributed by atoms with Crippen LogP contribution in [0.4, 0.5) is 5.82 Å². The molecule has 2 aliphatic rings. The van der Waals surface area contributed by atoms with E-state index in [0.29, 0.717) is 41.2 Å². The van der Waals surface area contributed by atoms with Crippen LogP contribution in [0.25, 0.3) is 28.1 Å². The summed E-state index contributed by atoms with van der Waals surface area (Å²) in [7, 11) is -1.63. The molecule has 5 aromatic rings. The Balaban J connectivity index is 1.04. The van der Waals surface area contributed by atoms with Crippen LogP contribution in [0.5, 0.6) is 0 Å². The van der Waals surface area contributed by atoms with Crippen LogP contribution < -0.4 is 11.3 Å². The molecule has 1 aliphatic carbocycles. The molecule has 43 heavy (non-hydrogen) atoms. The van der Waals surface area contributed by atoms with Crippen LogP contribution in [0.1, 0.15) is 38.0 Å². The molecule has 2 fully saturated rings. The molecule has 0 aromatic carbocycles. The zero-order valence-corrected chi connectivity index (χ0v) is 25.9. The number of nitrogens with one attached hydrogen (secondary N) is 1. The maximum absolute atomic E-state index is 12.9. The average Bonchev–Trinajstić information content (AvgIpc) is 3.76. The predicted molar refractivity (Wildman–Crippen MR) is 164 cm³/mol. The molecular formula is C23H28N10O6P2S2.